The molecule has 8 nitrogen and oxygen atoms in total. The summed E-state index contributed by atoms with van der Waals surface area (Å²) in [5, 5.41) is 11.6. The van der Waals surface area contributed by atoms with Gasteiger partial charge in [-0.3, -0.25) is 10.1 Å². The molecular formula is C23H29NO7S2. The number of rotatable bonds is 13. The van der Waals surface area contributed by atoms with E-state index >= 15 is 0 Å². The van der Waals surface area contributed by atoms with Crippen LogP contribution in [0.25, 0.3) is 0 Å². The van der Waals surface area contributed by atoms with Crippen LogP contribution in [0.1, 0.15) is 18.1 Å². The van der Waals surface area contributed by atoms with E-state index in [9.17, 15) is 9.59 Å². The number of thioether (sulfide) groups is 1. The highest BCUT2D eigenvalue weighted by molar-refractivity contribution is 7.98. The Labute approximate surface area is 203 Å². The number of carbonyl (C=O) groups excluding carboxylic acids is 2. The molecule has 0 bridgehead atoms. The number of aliphatic hydroxyl groups is 1. The van der Waals surface area contributed by atoms with E-state index in [4.69, 9.17) is 24.1 Å². The number of ether oxygens (including phenoxy) is 4. The molecule has 2 N–H and O–H groups in total. The van der Waals surface area contributed by atoms with Gasteiger partial charge < -0.3 is 24.1 Å². The maximum Gasteiger partial charge on any atom is 0.412 e. The highest BCUT2D eigenvalue weighted by atomic mass is 32.2. The predicted molar refractivity (Wildman–Crippen MR) is 130 cm³/mol. The average Bonchev–Trinajstić information content (AvgIpc) is 2.85. The molecule has 10 heteroatoms. The topological polar surface area (TPSA) is 103 Å². The zero-order valence-electron chi connectivity index (χ0n) is 18.6. The molecule has 2 aromatic rings. The number of benzene rings is 2. The Kier molecular flexibility index (Phi) is 12.0. The number of nitrogens with one attached hydrogen (secondary N) is 1. The van der Waals surface area contributed by atoms with Crippen molar-refractivity contribution >= 4 is 42.1 Å². The number of carbonyl (C=O) groups is 2. The van der Waals surface area contributed by atoms with Crippen LogP contribution in [0.3, 0.4) is 0 Å². The molecule has 0 radical (unpaired) electrons. The average molecular weight is 496 g/mol. The summed E-state index contributed by atoms with van der Waals surface area (Å²) >= 11 is 5.49. The number of thiol groups is 1. The van der Waals surface area contributed by atoms with E-state index in [1.165, 1.54) is 7.11 Å². The standard InChI is InChI=1S/C23H29NO7S2/c1-28-20(11-13-30-21(26)15-32)22(16-3-7-18(8-4-16)29-14-12-25)31-23(27)24-17-5-9-19(33-2)10-6-17/h3-10,20,22,25,32H,11-15H2,1-2H3,(H,24,27)/t20-,22-/m0/s1. The molecule has 2 atom stereocenters. The van der Waals surface area contributed by atoms with Gasteiger partial charge in [0.15, 0.2) is 6.10 Å². The van der Waals surface area contributed by atoms with Gasteiger partial charge in [-0.1, -0.05) is 12.1 Å². The van der Waals surface area contributed by atoms with Gasteiger partial charge in [-0.05, 0) is 48.2 Å². The zero-order chi connectivity index (χ0) is 24.1. The Morgan fingerprint density at radius 2 is 1.79 bits per heavy atom. The monoisotopic (exact) mass is 495 g/mol. The van der Waals surface area contributed by atoms with E-state index in [1.807, 2.05) is 18.4 Å². The van der Waals surface area contributed by atoms with Crippen molar-refractivity contribution in [1.82, 2.24) is 0 Å². The van der Waals surface area contributed by atoms with Crippen molar-refractivity contribution in [3.05, 3.63) is 54.1 Å². The third-order valence-corrected chi connectivity index (χ3v) is 5.58. The first-order valence-corrected chi connectivity index (χ1v) is 12.1. The van der Waals surface area contributed by atoms with Crippen molar-refractivity contribution in [1.29, 1.82) is 0 Å². The SMILES string of the molecule is CO[C@@H](CCOC(=O)CS)[C@@H](OC(=O)Nc1ccc(SC)cc1)c1ccc(OCCO)cc1. The first-order chi connectivity index (χ1) is 16.0. The molecule has 1 amide bonds. The Balaban J connectivity index is 2.15. The van der Waals surface area contributed by atoms with Crippen molar-refractivity contribution < 1.29 is 33.6 Å². The minimum atomic E-state index is -0.776. The van der Waals surface area contributed by atoms with Gasteiger partial charge in [0, 0.05) is 24.1 Å². The van der Waals surface area contributed by atoms with Crippen LogP contribution >= 0.6 is 24.4 Å². The van der Waals surface area contributed by atoms with Crippen LogP contribution in [0.5, 0.6) is 5.75 Å². The molecule has 0 fully saturated rings. The highest BCUT2D eigenvalue weighted by Gasteiger charge is 2.28. The van der Waals surface area contributed by atoms with Crippen LogP contribution in [0.4, 0.5) is 10.5 Å². The largest absolute Gasteiger partial charge is 0.491 e. The summed E-state index contributed by atoms with van der Waals surface area (Å²) in [5.41, 5.74) is 1.27. The maximum absolute atomic E-state index is 12.7. The van der Waals surface area contributed by atoms with E-state index in [1.54, 1.807) is 48.2 Å². The van der Waals surface area contributed by atoms with Crippen molar-refractivity contribution in [3.8, 4) is 5.75 Å². The lowest BCUT2D eigenvalue weighted by atomic mass is 10.0. The molecule has 0 unspecified atom stereocenters. The van der Waals surface area contributed by atoms with Crippen LogP contribution in [-0.2, 0) is 19.0 Å². The number of methoxy groups -OCH3 is 1. The van der Waals surface area contributed by atoms with E-state index in [0.29, 0.717) is 23.4 Å². The Morgan fingerprint density at radius 1 is 1.09 bits per heavy atom. The van der Waals surface area contributed by atoms with Crippen molar-refractivity contribution in [2.75, 3.05) is 44.3 Å². The third-order valence-electron chi connectivity index (χ3n) is 4.57. The molecule has 0 aliphatic heterocycles. The second kappa shape index (κ2) is 14.7. The van der Waals surface area contributed by atoms with Gasteiger partial charge >= 0.3 is 12.1 Å². The number of amides is 1. The minimum absolute atomic E-state index is 0.0232. The molecule has 180 valence electrons. The van der Waals surface area contributed by atoms with Gasteiger partial charge in [0.2, 0.25) is 0 Å². The fourth-order valence-electron chi connectivity index (χ4n) is 2.94. The second-order valence-corrected chi connectivity index (χ2v) is 7.96. The summed E-state index contributed by atoms with van der Waals surface area (Å²) in [6.07, 6.45) is 0.277. The first kappa shape index (κ1) is 26.8. The van der Waals surface area contributed by atoms with E-state index in [2.05, 4.69) is 17.9 Å². The van der Waals surface area contributed by atoms with Crippen LogP contribution in [-0.4, -0.2) is 62.2 Å². The Morgan fingerprint density at radius 3 is 2.36 bits per heavy atom. The van der Waals surface area contributed by atoms with E-state index in [0.717, 1.165) is 4.90 Å². The first-order valence-electron chi connectivity index (χ1n) is 10.2. The molecule has 2 aromatic carbocycles. The minimum Gasteiger partial charge on any atom is -0.491 e. The van der Waals surface area contributed by atoms with Crippen molar-refractivity contribution in [2.24, 2.45) is 0 Å². The molecule has 0 aliphatic rings. The lowest BCUT2D eigenvalue weighted by Gasteiger charge is -2.26. The molecule has 0 aromatic heterocycles. The molecule has 0 spiro atoms. The summed E-state index contributed by atoms with van der Waals surface area (Å²) in [5.74, 6) is 0.106. The van der Waals surface area contributed by atoms with E-state index in [-0.39, 0.29) is 25.6 Å². The maximum atomic E-state index is 12.7. The summed E-state index contributed by atoms with van der Waals surface area (Å²) in [6, 6.07) is 14.3. The third kappa shape index (κ3) is 9.17. The quantitative estimate of drug-likeness (QED) is 0.218. The lowest BCUT2D eigenvalue weighted by molar-refractivity contribution is -0.141. The molecule has 0 saturated heterocycles. The van der Waals surface area contributed by atoms with Gasteiger partial charge in [0.1, 0.15) is 18.5 Å². The molecule has 2 rings (SSSR count). The Hall–Kier alpha value is -2.40. The summed E-state index contributed by atoms with van der Waals surface area (Å²) < 4.78 is 21.8. The van der Waals surface area contributed by atoms with Gasteiger partial charge in [-0.2, -0.15) is 12.6 Å². The Bertz CT molecular complexity index is 862. The van der Waals surface area contributed by atoms with Crippen LogP contribution in [0.2, 0.25) is 0 Å². The molecule has 33 heavy (non-hydrogen) atoms. The number of anilines is 1. The smallest absolute Gasteiger partial charge is 0.412 e. The number of aliphatic hydroxyl groups excluding tert-OH is 1. The van der Waals surface area contributed by atoms with E-state index < -0.39 is 24.3 Å². The van der Waals surface area contributed by atoms with Gasteiger partial charge in [-0.15, -0.1) is 11.8 Å². The van der Waals surface area contributed by atoms with Gasteiger partial charge in [-0.25, -0.2) is 4.79 Å². The normalized spacial score (nSPS) is 12.5. The zero-order valence-corrected chi connectivity index (χ0v) is 20.3. The predicted octanol–water partition coefficient (Wildman–Crippen LogP) is 3.95. The summed E-state index contributed by atoms with van der Waals surface area (Å²) in [4.78, 5) is 25.1. The van der Waals surface area contributed by atoms with Crippen molar-refractivity contribution in [3.63, 3.8) is 0 Å². The van der Waals surface area contributed by atoms with Gasteiger partial charge in [0.05, 0.1) is 19.0 Å². The molecule has 0 heterocycles. The highest BCUT2D eigenvalue weighted by Crippen LogP contribution is 2.28. The summed E-state index contributed by atoms with van der Waals surface area (Å²) in [6.45, 7) is 0.170. The summed E-state index contributed by atoms with van der Waals surface area (Å²) in [7, 11) is 1.50. The second-order valence-electron chi connectivity index (χ2n) is 6.76. The molecule has 0 aliphatic carbocycles. The lowest BCUT2D eigenvalue weighted by Crippen LogP contribution is -2.29. The number of hydrogen-bond donors (Lipinski definition) is 3. The van der Waals surface area contributed by atoms with Gasteiger partial charge in [0.25, 0.3) is 0 Å². The van der Waals surface area contributed by atoms with Crippen LogP contribution in [0, 0.1) is 0 Å². The van der Waals surface area contributed by atoms with Crippen LogP contribution < -0.4 is 10.1 Å². The number of esters is 1. The number of hydrogen-bond acceptors (Lipinski definition) is 9. The van der Waals surface area contributed by atoms with Crippen molar-refractivity contribution in [2.45, 2.75) is 23.5 Å². The molecule has 0 saturated carbocycles. The fraction of sp³-hybridized carbons (Fsp3) is 0.391. The fourth-order valence-corrected chi connectivity index (χ4v) is 3.44. The van der Waals surface area contributed by atoms with Crippen LogP contribution in [0.15, 0.2) is 53.4 Å². The molecular weight excluding hydrogens is 466 g/mol.